The van der Waals surface area contributed by atoms with Crippen LogP contribution in [0.1, 0.15) is 24.2 Å². The van der Waals surface area contributed by atoms with Crippen LogP contribution in [0.2, 0.25) is 0 Å². The molecule has 3 rings (SSSR count). The SMILES string of the molecule is [2H]C([2H])([N+]#[C-])C(=O)N1CC[C@@H](C([2H])([2H])[2H])[C@@H](N(c2ncnc3[nH]ccc23)C([2H])([2H])[2H])C1. The highest BCUT2D eigenvalue weighted by Crippen LogP contribution is 2.28. The van der Waals surface area contributed by atoms with Gasteiger partial charge in [0.1, 0.15) is 20.5 Å². The van der Waals surface area contributed by atoms with Crippen LogP contribution in [0.5, 0.6) is 0 Å². The fraction of sp³-hybridized carbons (Fsp3) is 0.500. The second-order valence-corrected chi connectivity index (χ2v) is 5.24. The molecule has 1 amide bonds. The Balaban J connectivity index is 2.12. The van der Waals surface area contributed by atoms with Gasteiger partial charge >= 0.3 is 5.91 Å². The Morgan fingerprint density at radius 1 is 1.70 bits per heavy atom. The highest BCUT2D eigenvalue weighted by atomic mass is 16.2. The van der Waals surface area contributed by atoms with Crippen molar-refractivity contribution in [1.82, 2.24) is 19.9 Å². The first-order valence-corrected chi connectivity index (χ1v) is 7.03. The standard InChI is InChI=1S/C16H20N6O/c1-11-5-7-22(14(23)8-17-2)9-13(11)21(3)16-12-4-6-18-15(12)19-10-20-16/h4,6,10-11,13H,5,7-9H2,1,3H3,(H,18,19,20)/t11-,13+/m1/s1/i1D3,3D3,8D2. The molecule has 120 valence electrons. The number of fused-ring (bicyclic) bond motifs is 1. The Hall–Kier alpha value is -2.62. The molecular formula is C16H20N6O. The quantitative estimate of drug-likeness (QED) is 0.871. The summed E-state index contributed by atoms with van der Waals surface area (Å²) in [5, 5.41) is 0.364. The first-order chi connectivity index (χ1) is 14.3. The highest BCUT2D eigenvalue weighted by Gasteiger charge is 2.33. The second kappa shape index (κ2) is 6.24. The van der Waals surface area contributed by atoms with Crippen LogP contribution in [-0.2, 0) is 4.79 Å². The molecule has 0 spiro atoms. The summed E-state index contributed by atoms with van der Waals surface area (Å²) in [5.74, 6) is -2.27. The van der Waals surface area contributed by atoms with Crippen LogP contribution in [-0.4, -0.2) is 58.4 Å². The minimum absolute atomic E-state index is 0.0204. The van der Waals surface area contributed by atoms with E-state index in [1.165, 1.54) is 0 Å². The molecule has 7 nitrogen and oxygen atoms in total. The fourth-order valence-electron chi connectivity index (χ4n) is 2.70. The minimum atomic E-state index is -2.83. The number of aromatic amines is 1. The van der Waals surface area contributed by atoms with Gasteiger partial charge < -0.3 is 19.6 Å². The zero-order valence-electron chi connectivity index (χ0n) is 20.2. The van der Waals surface area contributed by atoms with Crippen molar-refractivity contribution >= 4 is 22.8 Å². The normalized spacial score (nSPS) is 28.0. The fourth-order valence-corrected chi connectivity index (χ4v) is 2.70. The van der Waals surface area contributed by atoms with Crippen molar-refractivity contribution in [3.05, 3.63) is 30.0 Å². The molecule has 1 saturated heterocycles. The summed E-state index contributed by atoms with van der Waals surface area (Å²) < 4.78 is 63.3. The third-order valence-electron chi connectivity index (χ3n) is 3.91. The Morgan fingerprint density at radius 3 is 3.39 bits per heavy atom. The van der Waals surface area contributed by atoms with E-state index in [4.69, 9.17) is 17.5 Å². The van der Waals surface area contributed by atoms with Gasteiger partial charge in [0, 0.05) is 34.5 Å². The Kier molecular flexibility index (Phi) is 2.25. The van der Waals surface area contributed by atoms with Crippen molar-refractivity contribution in [2.24, 2.45) is 5.92 Å². The van der Waals surface area contributed by atoms with Gasteiger partial charge in [-0.2, -0.15) is 0 Å². The van der Waals surface area contributed by atoms with Crippen molar-refractivity contribution in [3.63, 3.8) is 0 Å². The van der Waals surface area contributed by atoms with Crippen molar-refractivity contribution in [3.8, 4) is 0 Å². The number of piperidine rings is 1. The third-order valence-corrected chi connectivity index (χ3v) is 3.91. The molecule has 0 aliphatic carbocycles. The first-order valence-electron chi connectivity index (χ1n) is 11.0. The van der Waals surface area contributed by atoms with Gasteiger partial charge in [-0.05, 0) is 18.4 Å². The van der Waals surface area contributed by atoms with Crippen molar-refractivity contribution in [2.75, 3.05) is 31.5 Å². The molecule has 0 radical (unpaired) electrons. The Bertz CT molecular complexity index is 1010. The van der Waals surface area contributed by atoms with Gasteiger partial charge in [-0.1, -0.05) is 6.85 Å². The van der Waals surface area contributed by atoms with E-state index in [0.717, 1.165) is 16.1 Å². The summed E-state index contributed by atoms with van der Waals surface area (Å²) in [7, 11) is 0. The molecule has 2 aromatic rings. The van der Waals surface area contributed by atoms with Crippen LogP contribution < -0.4 is 4.90 Å². The highest BCUT2D eigenvalue weighted by molar-refractivity contribution is 5.87. The van der Waals surface area contributed by atoms with Gasteiger partial charge in [0.05, 0.1) is 11.4 Å². The summed E-state index contributed by atoms with van der Waals surface area (Å²) in [5.41, 5.74) is 0.359. The first kappa shape index (κ1) is 8.29. The predicted molar refractivity (Wildman–Crippen MR) is 87.9 cm³/mol. The number of nitrogens with zero attached hydrogens (tertiary/aromatic N) is 5. The van der Waals surface area contributed by atoms with E-state index >= 15 is 0 Å². The topological polar surface area (TPSA) is 69.5 Å². The number of rotatable bonds is 3. The van der Waals surface area contributed by atoms with Crippen LogP contribution in [0, 0.1) is 12.5 Å². The van der Waals surface area contributed by atoms with E-state index in [0.29, 0.717) is 11.0 Å². The molecule has 2 atom stereocenters. The number of carbonyl (C=O) groups excluding carboxylic acids is 1. The van der Waals surface area contributed by atoms with Gasteiger partial charge in [0.2, 0.25) is 0 Å². The predicted octanol–water partition coefficient (Wildman–Crippen LogP) is 1.55. The molecule has 23 heavy (non-hydrogen) atoms. The average molecular weight is 320 g/mol. The monoisotopic (exact) mass is 320 g/mol. The number of carbonyl (C=O) groups is 1. The van der Waals surface area contributed by atoms with E-state index in [9.17, 15) is 4.79 Å². The van der Waals surface area contributed by atoms with Crippen molar-refractivity contribution in [1.29, 1.82) is 0 Å². The van der Waals surface area contributed by atoms with Crippen molar-refractivity contribution in [2.45, 2.75) is 19.3 Å². The minimum Gasteiger partial charge on any atom is -0.354 e. The Morgan fingerprint density at radius 2 is 2.61 bits per heavy atom. The van der Waals surface area contributed by atoms with E-state index in [-0.39, 0.29) is 25.3 Å². The van der Waals surface area contributed by atoms with Crippen LogP contribution >= 0.6 is 0 Å². The van der Waals surface area contributed by atoms with E-state index in [2.05, 4.69) is 19.8 Å². The number of nitrogens with one attached hydrogen (secondary N) is 1. The average Bonchev–Trinajstić information content (AvgIpc) is 3.15. The maximum atomic E-state index is 12.5. The van der Waals surface area contributed by atoms with Gasteiger partial charge in [0.15, 0.2) is 0 Å². The van der Waals surface area contributed by atoms with Gasteiger partial charge in [-0.15, -0.1) is 0 Å². The number of hydrogen-bond donors (Lipinski definition) is 1. The lowest BCUT2D eigenvalue weighted by Gasteiger charge is -2.41. The molecule has 0 saturated carbocycles. The molecule has 7 heteroatoms. The molecule has 1 aliphatic rings. The van der Waals surface area contributed by atoms with Gasteiger partial charge in [0.25, 0.3) is 6.50 Å². The molecule has 0 bridgehead atoms. The van der Waals surface area contributed by atoms with Gasteiger partial charge in [-0.25, -0.2) is 16.5 Å². The number of anilines is 1. The molecular weight excluding hydrogens is 292 g/mol. The van der Waals surface area contributed by atoms with Crippen LogP contribution in [0.4, 0.5) is 5.82 Å². The molecule has 1 fully saturated rings. The van der Waals surface area contributed by atoms with Crippen LogP contribution in [0.3, 0.4) is 0 Å². The number of likely N-dealkylation sites (N-methyl/N-ethyl adjacent to an activating group) is 1. The summed E-state index contributed by atoms with van der Waals surface area (Å²) in [4.78, 5) is 28.1. The van der Waals surface area contributed by atoms with Gasteiger partial charge in [-0.3, -0.25) is 4.79 Å². The lowest BCUT2D eigenvalue weighted by molar-refractivity contribution is -0.130. The van der Waals surface area contributed by atoms with E-state index in [1.807, 2.05) is 0 Å². The lowest BCUT2D eigenvalue weighted by Crippen LogP contribution is -2.53. The van der Waals surface area contributed by atoms with E-state index < -0.39 is 38.2 Å². The lowest BCUT2D eigenvalue weighted by atomic mass is 9.92. The summed E-state index contributed by atoms with van der Waals surface area (Å²) in [6.07, 6.45) is 2.61. The second-order valence-electron chi connectivity index (χ2n) is 5.24. The molecule has 2 aromatic heterocycles. The smallest absolute Gasteiger partial charge is 0.302 e. The van der Waals surface area contributed by atoms with Crippen LogP contribution in [0.25, 0.3) is 15.9 Å². The third kappa shape index (κ3) is 2.84. The molecule has 1 N–H and O–H groups in total. The zero-order chi connectivity index (χ0) is 23.2. The number of likely N-dealkylation sites (tertiary alicyclic amines) is 1. The maximum absolute atomic E-state index is 12.5. The summed E-state index contributed by atoms with van der Waals surface area (Å²) in [6.45, 7) is -1.75. The number of H-pyrrole nitrogens is 1. The number of hydrogen-bond acceptors (Lipinski definition) is 4. The van der Waals surface area contributed by atoms with Crippen LogP contribution in [0.15, 0.2) is 18.6 Å². The van der Waals surface area contributed by atoms with Crippen molar-refractivity contribution < 1.29 is 15.8 Å². The molecule has 0 unspecified atom stereocenters. The number of aromatic nitrogens is 3. The molecule has 0 aromatic carbocycles. The Labute approximate surface area is 146 Å². The molecule has 1 aliphatic heterocycles. The maximum Gasteiger partial charge on any atom is 0.302 e. The summed E-state index contributed by atoms with van der Waals surface area (Å²) >= 11 is 0. The van der Waals surface area contributed by atoms with E-state index in [1.54, 1.807) is 12.3 Å². The molecule has 3 heterocycles. The zero-order valence-corrected chi connectivity index (χ0v) is 12.2. The number of amides is 1. The summed E-state index contributed by atoms with van der Waals surface area (Å²) in [6, 6.07) is 0.337. The largest absolute Gasteiger partial charge is 0.354 e.